The van der Waals surface area contributed by atoms with Gasteiger partial charge >= 0.3 is 0 Å². The molecule has 0 nitrogen and oxygen atoms in total. The zero-order chi connectivity index (χ0) is 7.97. The third kappa shape index (κ3) is 0.668. The van der Waals surface area contributed by atoms with E-state index in [-0.39, 0.29) is 0 Å². The lowest BCUT2D eigenvalue weighted by molar-refractivity contribution is 1.84. The Hall–Kier alpha value is -1.56. The van der Waals surface area contributed by atoms with Gasteiger partial charge in [-0.05, 0) is 21.5 Å². The highest BCUT2D eigenvalue weighted by Gasteiger charge is 2.10. The first-order chi connectivity index (χ1) is 5.97. The van der Waals surface area contributed by atoms with Crippen LogP contribution in [0, 0.1) is 0 Å². The van der Waals surface area contributed by atoms with E-state index in [0.29, 0.717) is 0 Å². The van der Waals surface area contributed by atoms with Crippen molar-refractivity contribution in [3.05, 3.63) is 48.5 Å². The molecule has 3 aromatic rings. The average molecular weight is 152 g/mol. The third-order valence-electron chi connectivity index (χ3n) is 2.36. The number of hydrogen-bond acceptors (Lipinski definition) is 0. The molecule has 0 fully saturated rings. The maximum atomic E-state index is 2.19. The van der Waals surface area contributed by atoms with Gasteiger partial charge in [-0.1, -0.05) is 48.5 Å². The van der Waals surface area contributed by atoms with E-state index in [1.807, 2.05) is 0 Å². The molecule has 0 saturated heterocycles. The van der Waals surface area contributed by atoms with Crippen LogP contribution in [0.15, 0.2) is 48.5 Å². The van der Waals surface area contributed by atoms with Crippen molar-refractivity contribution >= 4 is 21.5 Å². The van der Waals surface area contributed by atoms with Crippen molar-refractivity contribution in [3.8, 4) is 0 Å². The largest absolute Gasteiger partial charge is 0.0622 e. The Morgan fingerprint density at radius 3 is 2.25 bits per heavy atom. The molecule has 0 atom stereocenters. The normalized spacial score (nSPS) is 11.3. The first-order valence-electron chi connectivity index (χ1n) is 4.15. The smallest absolute Gasteiger partial charge is 0.00264 e. The summed E-state index contributed by atoms with van der Waals surface area (Å²) in [7, 11) is 0. The molecule has 0 N–H and O–H groups in total. The van der Waals surface area contributed by atoms with Crippen LogP contribution in [-0.4, -0.2) is 0 Å². The third-order valence-corrected chi connectivity index (χ3v) is 2.36. The molecule has 0 aliphatic carbocycles. The molecule has 0 radical (unpaired) electrons. The van der Waals surface area contributed by atoms with Gasteiger partial charge in [-0.2, -0.15) is 0 Å². The number of hydrogen-bond donors (Lipinski definition) is 0. The van der Waals surface area contributed by atoms with E-state index >= 15 is 0 Å². The molecule has 0 saturated carbocycles. The SMILES string of the molecule is c1cccc2c3ccc(cc1)c23. The van der Waals surface area contributed by atoms with Crippen LogP contribution in [0.2, 0.25) is 0 Å². The van der Waals surface area contributed by atoms with Crippen LogP contribution in [0.1, 0.15) is 0 Å². The van der Waals surface area contributed by atoms with Gasteiger partial charge in [0.25, 0.3) is 0 Å². The molecule has 0 heterocycles. The molecule has 0 aliphatic rings. The van der Waals surface area contributed by atoms with Gasteiger partial charge in [-0.3, -0.25) is 0 Å². The quantitative estimate of drug-likeness (QED) is 0.463. The van der Waals surface area contributed by atoms with Crippen molar-refractivity contribution in [2.75, 3.05) is 0 Å². The summed E-state index contributed by atoms with van der Waals surface area (Å²) in [6.07, 6.45) is 0. The Balaban J connectivity index is 2.55. The van der Waals surface area contributed by atoms with Crippen LogP contribution in [0.3, 0.4) is 0 Å². The summed E-state index contributed by atoms with van der Waals surface area (Å²) in [4.78, 5) is 0. The first-order valence-corrected chi connectivity index (χ1v) is 4.15. The van der Waals surface area contributed by atoms with Gasteiger partial charge in [-0.25, -0.2) is 0 Å². The molecule has 0 spiro atoms. The van der Waals surface area contributed by atoms with Gasteiger partial charge in [-0.15, -0.1) is 0 Å². The summed E-state index contributed by atoms with van der Waals surface area (Å²) in [6.45, 7) is 0. The summed E-state index contributed by atoms with van der Waals surface area (Å²) in [5.41, 5.74) is 0. The molecule has 0 amide bonds. The Kier molecular flexibility index (Phi) is 0.991. The van der Waals surface area contributed by atoms with Crippen LogP contribution in [0.25, 0.3) is 21.5 Å². The maximum absolute atomic E-state index is 2.19. The molecular weight excluding hydrogens is 144 g/mol. The van der Waals surface area contributed by atoms with Gasteiger partial charge in [0.1, 0.15) is 0 Å². The number of fused-ring (bicyclic) bond motifs is 1. The molecule has 3 rings (SSSR count). The van der Waals surface area contributed by atoms with Crippen molar-refractivity contribution in [1.29, 1.82) is 0 Å². The van der Waals surface area contributed by atoms with Gasteiger partial charge in [0.15, 0.2) is 0 Å². The molecule has 0 unspecified atom stereocenters. The standard InChI is InChI=1S/C12H8/c1-2-4-6-10-11-8-7-9(5-3-1)12(10)11/h1-8H. The van der Waals surface area contributed by atoms with Crippen molar-refractivity contribution in [1.82, 2.24) is 0 Å². The van der Waals surface area contributed by atoms with Crippen molar-refractivity contribution in [2.24, 2.45) is 0 Å². The van der Waals surface area contributed by atoms with Gasteiger partial charge < -0.3 is 0 Å². The highest BCUT2D eigenvalue weighted by Crippen LogP contribution is 2.39. The number of rotatable bonds is 0. The molecule has 0 bridgehead atoms. The molecule has 0 heteroatoms. The van der Waals surface area contributed by atoms with E-state index in [1.165, 1.54) is 21.5 Å². The van der Waals surface area contributed by atoms with Crippen LogP contribution in [0.5, 0.6) is 0 Å². The second-order valence-corrected chi connectivity index (χ2v) is 3.09. The van der Waals surface area contributed by atoms with Gasteiger partial charge in [0.05, 0.1) is 0 Å². The van der Waals surface area contributed by atoms with E-state index < -0.39 is 0 Å². The molecule has 0 aromatic heterocycles. The second kappa shape index (κ2) is 1.98. The van der Waals surface area contributed by atoms with Crippen LogP contribution >= 0.6 is 0 Å². The summed E-state index contributed by atoms with van der Waals surface area (Å²) < 4.78 is 0. The fourth-order valence-corrected chi connectivity index (χ4v) is 1.71. The first kappa shape index (κ1) is 6.01. The summed E-state index contributed by atoms with van der Waals surface area (Å²) in [5.74, 6) is 0. The Labute approximate surface area is 70.8 Å². The van der Waals surface area contributed by atoms with Gasteiger partial charge in [0, 0.05) is 0 Å². The van der Waals surface area contributed by atoms with E-state index in [4.69, 9.17) is 0 Å². The zero-order valence-corrected chi connectivity index (χ0v) is 6.62. The molecule has 3 aromatic carbocycles. The highest BCUT2D eigenvalue weighted by molar-refractivity contribution is 6.32. The van der Waals surface area contributed by atoms with Crippen LogP contribution in [0.4, 0.5) is 0 Å². The van der Waals surface area contributed by atoms with Crippen molar-refractivity contribution < 1.29 is 0 Å². The topological polar surface area (TPSA) is 0 Å². The molecule has 0 aliphatic heterocycles. The fourth-order valence-electron chi connectivity index (χ4n) is 1.71. The van der Waals surface area contributed by atoms with Crippen LogP contribution in [-0.2, 0) is 0 Å². The Morgan fingerprint density at radius 1 is 0.583 bits per heavy atom. The lowest BCUT2D eigenvalue weighted by Gasteiger charge is -1.72. The second-order valence-electron chi connectivity index (χ2n) is 3.09. The maximum Gasteiger partial charge on any atom is -0.00264 e. The molecule has 56 valence electrons. The predicted octanol–water partition coefficient (Wildman–Crippen LogP) is 3.43. The molecular formula is C12H8. The fraction of sp³-hybridized carbons (Fsp3) is 0. The number of benzene rings is 1. The van der Waals surface area contributed by atoms with Gasteiger partial charge in [0.2, 0.25) is 0 Å². The molecule has 12 heavy (non-hydrogen) atoms. The van der Waals surface area contributed by atoms with E-state index in [1.54, 1.807) is 0 Å². The Morgan fingerprint density at radius 2 is 1.33 bits per heavy atom. The van der Waals surface area contributed by atoms with E-state index in [9.17, 15) is 0 Å². The highest BCUT2D eigenvalue weighted by atomic mass is 14.1. The summed E-state index contributed by atoms with van der Waals surface area (Å²) in [6, 6.07) is 17.0. The van der Waals surface area contributed by atoms with Crippen LogP contribution < -0.4 is 0 Å². The Bertz CT molecular complexity index is 523. The summed E-state index contributed by atoms with van der Waals surface area (Å²) in [5, 5.41) is 5.66. The summed E-state index contributed by atoms with van der Waals surface area (Å²) >= 11 is 0. The lowest BCUT2D eigenvalue weighted by atomic mass is 10.3. The minimum absolute atomic E-state index is 1.36. The van der Waals surface area contributed by atoms with E-state index in [2.05, 4.69) is 48.5 Å². The zero-order valence-electron chi connectivity index (χ0n) is 6.62. The van der Waals surface area contributed by atoms with Crippen molar-refractivity contribution in [3.63, 3.8) is 0 Å². The monoisotopic (exact) mass is 152 g/mol. The minimum atomic E-state index is 1.36. The lowest BCUT2D eigenvalue weighted by Crippen LogP contribution is -1.46. The minimum Gasteiger partial charge on any atom is -0.0622 e. The average Bonchev–Trinajstić information content (AvgIpc) is 2.55. The van der Waals surface area contributed by atoms with E-state index in [0.717, 1.165) is 0 Å². The van der Waals surface area contributed by atoms with Crippen molar-refractivity contribution in [2.45, 2.75) is 0 Å². The predicted molar refractivity (Wildman–Crippen MR) is 52.6 cm³/mol.